The maximum Gasteiger partial charge on any atom is 0.131 e. The number of hydrogen-bond acceptors (Lipinski definition) is 3. The molecule has 3 heteroatoms. The molecule has 1 aromatic rings. The number of hydrogen-bond donors (Lipinski definition) is 1. The SMILES string of the molecule is CCC(O)c1cnc(N(C)CC)c(C)c1. The molecular weight excluding hydrogens is 188 g/mol. The van der Waals surface area contributed by atoms with Gasteiger partial charge in [-0.2, -0.15) is 0 Å². The van der Waals surface area contributed by atoms with Crippen LogP contribution in [-0.4, -0.2) is 23.7 Å². The van der Waals surface area contributed by atoms with Gasteiger partial charge in [0, 0.05) is 19.8 Å². The van der Waals surface area contributed by atoms with E-state index in [1.807, 2.05) is 27.0 Å². The summed E-state index contributed by atoms with van der Waals surface area (Å²) in [5, 5.41) is 9.69. The maximum absolute atomic E-state index is 9.69. The molecule has 0 amide bonds. The normalized spacial score (nSPS) is 12.6. The zero-order valence-electron chi connectivity index (χ0n) is 9.99. The molecule has 0 fully saturated rings. The summed E-state index contributed by atoms with van der Waals surface area (Å²) in [5.41, 5.74) is 2.02. The molecule has 1 aromatic heterocycles. The van der Waals surface area contributed by atoms with Crippen LogP contribution < -0.4 is 4.90 Å². The van der Waals surface area contributed by atoms with Gasteiger partial charge in [0.15, 0.2) is 0 Å². The Kier molecular flexibility index (Phi) is 4.09. The van der Waals surface area contributed by atoms with Crippen LogP contribution in [0.15, 0.2) is 12.3 Å². The van der Waals surface area contributed by atoms with Crippen molar-refractivity contribution >= 4 is 5.82 Å². The van der Waals surface area contributed by atoms with Crippen LogP contribution in [0.2, 0.25) is 0 Å². The lowest BCUT2D eigenvalue weighted by Gasteiger charge is -2.19. The molecule has 1 N–H and O–H groups in total. The van der Waals surface area contributed by atoms with Gasteiger partial charge >= 0.3 is 0 Å². The summed E-state index contributed by atoms with van der Waals surface area (Å²) in [6, 6.07) is 2.02. The van der Waals surface area contributed by atoms with Crippen molar-refractivity contribution in [3.63, 3.8) is 0 Å². The topological polar surface area (TPSA) is 36.4 Å². The highest BCUT2D eigenvalue weighted by molar-refractivity contribution is 5.46. The minimum Gasteiger partial charge on any atom is -0.388 e. The summed E-state index contributed by atoms with van der Waals surface area (Å²) < 4.78 is 0. The molecule has 0 aliphatic rings. The molecule has 3 nitrogen and oxygen atoms in total. The fraction of sp³-hybridized carbons (Fsp3) is 0.583. The van der Waals surface area contributed by atoms with Gasteiger partial charge in [-0.15, -0.1) is 0 Å². The molecule has 84 valence electrons. The molecule has 0 saturated heterocycles. The van der Waals surface area contributed by atoms with Crippen molar-refractivity contribution < 1.29 is 5.11 Å². The predicted octanol–water partition coefficient (Wildman–Crippen LogP) is 2.29. The van der Waals surface area contributed by atoms with Crippen molar-refractivity contribution in [3.8, 4) is 0 Å². The lowest BCUT2D eigenvalue weighted by molar-refractivity contribution is 0.173. The third-order valence-corrected chi connectivity index (χ3v) is 2.68. The number of rotatable bonds is 4. The number of aliphatic hydroxyl groups excluding tert-OH is 1. The first-order chi connectivity index (χ1) is 7.10. The van der Waals surface area contributed by atoms with Gasteiger partial charge in [-0.05, 0) is 37.5 Å². The molecule has 1 atom stereocenters. The number of pyridine rings is 1. The lowest BCUT2D eigenvalue weighted by Crippen LogP contribution is -2.18. The van der Waals surface area contributed by atoms with Crippen LogP contribution in [0.3, 0.4) is 0 Å². The van der Waals surface area contributed by atoms with Gasteiger partial charge in [0.25, 0.3) is 0 Å². The first-order valence-electron chi connectivity index (χ1n) is 5.45. The quantitative estimate of drug-likeness (QED) is 0.824. The fourth-order valence-electron chi connectivity index (χ4n) is 1.56. The summed E-state index contributed by atoms with van der Waals surface area (Å²) >= 11 is 0. The standard InChI is InChI=1S/C12H20N2O/c1-5-11(15)10-7-9(3)12(13-8-10)14(4)6-2/h7-8,11,15H,5-6H2,1-4H3. The van der Waals surface area contributed by atoms with E-state index in [4.69, 9.17) is 0 Å². The summed E-state index contributed by atoms with van der Waals surface area (Å²) in [7, 11) is 2.02. The van der Waals surface area contributed by atoms with E-state index in [2.05, 4.69) is 16.8 Å². The van der Waals surface area contributed by atoms with Crippen LogP contribution in [0, 0.1) is 6.92 Å². The Morgan fingerprint density at radius 1 is 1.47 bits per heavy atom. The Bertz CT molecular complexity index is 325. The van der Waals surface area contributed by atoms with E-state index in [1.165, 1.54) is 0 Å². The molecule has 0 spiro atoms. The van der Waals surface area contributed by atoms with E-state index in [-0.39, 0.29) is 0 Å². The average Bonchev–Trinajstić information content (AvgIpc) is 2.26. The second-order valence-electron chi connectivity index (χ2n) is 3.85. The van der Waals surface area contributed by atoms with Crippen LogP contribution in [0.25, 0.3) is 0 Å². The molecule has 0 aliphatic carbocycles. The fourth-order valence-corrected chi connectivity index (χ4v) is 1.56. The van der Waals surface area contributed by atoms with Crippen LogP contribution in [-0.2, 0) is 0 Å². The van der Waals surface area contributed by atoms with Crippen molar-refractivity contribution in [3.05, 3.63) is 23.4 Å². The average molecular weight is 208 g/mol. The third-order valence-electron chi connectivity index (χ3n) is 2.68. The van der Waals surface area contributed by atoms with Gasteiger partial charge in [0.2, 0.25) is 0 Å². The minimum absolute atomic E-state index is 0.391. The van der Waals surface area contributed by atoms with Gasteiger partial charge in [0.05, 0.1) is 6.10 Å². The number of anilines is 1. The van der Waals surface area contributed by atoms with Gasteiger partial charge < -0.3 is 10.0 Å². The first kappa shape index (κ1) is 12.0. The second kappa shape index (κ2) is 5.12. The predicted molar refractivity (Wildman–Crippen MR) is 63.2 cm³/mol. The molecular formula is C12H20N2O. The van der Waals surface area contributed by atoms with Crippen molar-refractivity contribution in [1.29, 1.82) is 0 Å². The first-order valence-corrected chi connectivity index (χ1v) is 5.45. The molecule has 1 heterocycles. The molecule has 1 rings (SSSR count). The zero-order valence-corrected chi connectivity index (χ0v) is 9.99. The van der Waals surface area contributed by atoms with Gasteiger partial charge in [-0.3, -0.25) is 0 Å². The van der Waals surface area contributed by atoms with E-state index in [0.29, 0.717) is 0 Å². The monoisotopic (exact) mass is 208 g/mol. The Morgan fingerprint density at radius 3 is 2.60 bits per heavy atom. The Balaban J connectivity index is 2.97. The smallest absolute Gasteiger partial charge is 0.131 e. The van der Waals surface area contributed by atoms with Gasteiger partial charge in [-0.1, -0.05) is 6.92 Å². The molecule has 15 heavy (non-hydrogen) atoms. The molecule has 0 aromatic carbocycles. The van der Waals surface area contributed by atoms with Crippen molar-refractivity contribution in [2.75, 3.05) is 18.5 Å². The molecule has 1 unspecified atom stereocenters. The number of aromatic nitrogens is 1. The van der Waals surface area contributed by atoms with Crippen LogP contribution in [0.1, 0.15) is 37.5 Å². The Labute approximate surface area is 91.8 Å². The van der Waals surface area contributed by atoms with Crippen LogP contribution >= 0.6 is 0 Å². The summed E-state index contributed by atoms with van der Waals surface area (Å²) in [6.45, 7) is 7.02. The van der Waals surface area contributed by atoms with Crippen LogP contribution in [0.4, 0.5) is 5.82 Å². The minimum atomic E-state index is -0.391. The van der Waals surface area contributed by atoms with E-state index < -0.39 is 6.10 Å². The highest BCUT2D eigenvalue weighted by Crippen LogP contribution is 2.21. The van der Waals surface area contributed by atoms with E-state index in [9.17, 15) is 5.11 Å². The maximum atomic E-state index is 9.69. The molecule has 0 saturated carbocycles. The summed E-state index contributed by atoms with van der Waals surface area (Å²) in [4.78, 5) is 6.48. The molecule has 0 radical (unpaired) electrons. The number of aryl methyl sites for hydroxylation is 1. The second-order valence-corrected chi connectivity index (χ2v) is 3.85. The lowest BCUT2D eigenvalue weighted by atomic mass is 10.1. The van der Waals surface area contributed by atoms with Gasteiger partial charge in [0.1, 0.15) is 5.82 Å². The van der Waals surface area contributed by atoms with Crippen LogP contribution in [0.5, 0.6) is 0 Å². The third kappa shape index (κ3) is 2.69. The summed E-state index contributed by atoms with van der Waals surface area (Å²) in [5.74, 6) is 0.990. The molecule has 0 aliphatic heterocycles. The molecule has 0 bridgehead atoms. The highest BCUT2D eigenvalue weighted by Gasteiger charge is 2.09. The highest BCUT2D eigenvalue weighted by atomic mass is 16.3. The van der Waals surface area contributed by atoms with Gasteiger partial charge in [-0.25, -0.2) is 4.98 Å². The van der Waals surface area contributed by atoms with E-state index >= 15 is 0 Å². The Hall–Kier alpha value is -1.09. The summed E-state index contributed by atoms with van der Waals surface area (Å²) in [6.07, 6.45) is 2.10. The largest absolute Gasteiger partial charge is 0.388 e. The van der Waals surface area contributed by atoms with E-state index in [1.54, 1.807) is 6.20 Å². The number of aliphatic hydroxyl groups is 1. The van der Waals surface area contributed by atoms with Crippen molar-refractivity contribution in [2.24, 2.45) is 0 Å². The van der Waals surface area contributed by atoms with E-state index in [0.717, 1.165) is 29.9 Å². The Morgan fingerprint density at radius 2 is 2.13 bits per heavy atom. The van der Waals surface area contributed by atoms with Crippen molar-refractivity contribution in [1.82, 2.24) is 4.98 Å². The number of nitrogens with zero attached hydrogens (tertiary/aromatic N) is 2. The van der Waals surface area contributed by atoms with Crippen molar-refractivity contribution in [2.45, 2.75) is 33.3 Å². The zero-order chi connectivity index (χ0) is 11.4.